The highest BCUT2D eigenvalue weighted by Gasteiger charge is 2.31. The number of imidazole rings is 1. The van der Waals surface area contributed by atoms with Crippen molar-refractivity contribution in [3.8, 4) is 5.69 Å². The van der Waals surface area contributed by atoms with Crippen molar-refractivity contribution in [2.75, 3.05) is 13.1 Å². The van der Waals surface area contributed by atoms with E-state index in [-0.39, 0.29) is 11.2 Å². The summed E-state index contributed by atoms with van der Waals surface area (Å²) in [5.41, 5.74) is 2.31. The Morgan fingerprint density at radius 3 is 2.58 bits per heavy atom. The van der Waals surface area contributed by atoms with Crippen LogP contribution in [0.25, 0.3) is 5.69 Å². The van der Waals surface area contributed by atoms with Gasteiger partial charge in [0.1, 0.15) is 5.82 Å². The Kier molecular flexibility index (Phi) is 3.11. The van der Waals surface area contributed by atoms with Gasteiger partial charge in [0, 0.05) is 23.0 Å². The molecule has 3 nitrogen and oxygen atoms in total. The Morgan fingerprint density at radius 1 is 1.21 bits per heavy atom. The van der Waals surface area contributed by atoms with Crippen molar-refractivity contribution in [3.63, 3.8) is 0 Å². The third kappa shape index (κ3) is 2.28. The Labute approximate surface area is 112 Å². The summed E-state index contributed by atoms with van der Waals surface area (Å²) in [6, 6.07) is 6.57. The number of hydrogen-bond donors (Lipinski definition) is 1. The number of aromatic nitrogens is 2. The van der Waals surface area contributed by atoms with Gasteiger partial charge in [0.25, 0.3) is 0 Å². The molecular formula is C15H18FN3. The van der Waals surface area contributed by atoms with Crippen LogP contribution in [0.4, 0.5) is 4.39 Å². The number of nitrogens with one attached hydrogen (secondary N) is 1. The fourth-order valence-corrected chi connectivity index (χ4v) is 2.78. The maximum absolute atomic E-state index is 13.0. The van der Waals surface area contributed by atoms with Gasteiger partial charge in [0.05, 0.1) is 6.33 Å². The summed E-state index contributed by atoms with van der Waals surface area (Å²) in [5.74, 6) is -0.210. The lowest BCUT2D eigenvalue weighted by Gasteiger charge is -2.34. The molecule has 1 N–H and O–H groups in total. The summed E-state index contributed by atoms with van der Waals surface area (Å²) in [4.78, 5) is 4.29. The van der Waals surface area contributed by atoms with Gasteiger partial charge in [-0.1, -0.05) is 6.92 Å². The van der Waals surface area contributed by atoms with Gasteiger partial charge in [0.15, 0.2) is 0 Å². The normalized spacial score (nSPS) is 18.4. The predicted octanol–water partition coefficient (Wildman–Crippen LogP) is 2.65. The van der Waals surface area contributed by atoms with E-state index in [0.29, 0.717) is 0 Å². The molecule has 0 spiro atoms. The molecule has 100 valence electrons. The van der Waals surface area contributed by atoms with E-state index in [1.54, 1.807) is 12.1 Å². The van der Waals surface area contributed by atoms with Gasteiger partial charge in [-0.05, 0) is 50.2 Å². The van der Waals surface area contributed by atoms with E-state index in [1.807, 2.05) is 12.5 Å². The maximum Gasteiger partial charge on any atom is 0.123 e. The monoisotopic (exact) mass is 259 g/mol. The fourth-order valence-electron chi connectivity index (χ4n) is 2.78. The zero-order valence-electron chi connectivity index (χ0n) is 11.1. The summed E-state index contributed by atoms with van der Waals surface area (Å²) >= 11 is 0. The first kappa shape index (κ1) is 12.4. The second-order valence-electron chi connectivity index (χ2n) is 5.44. The van der Waals surface area contributed by atoms with Crippen molar-refractivity contribution >= 4 is 0 Å². The molecule has 4 heteroatoms. The van der Waals surface area contributed by atoms with Crippen molar-refractivity contribution in [2.24, 2.45) is 0 Å². The molecule has 1 aromatic heterocycles. The van der Waals surface area contributed by atoms with Crippen LogP contribution >= 0.6 is 0 Å². The molecule has 1 aromatic carbocycles. The summed E-state index contributed by atoms with van der Waals surface area (Å²) in [6.45, 7) is 4.35. The first-order valence-corrected chi connectivity index (χ1v) is 6.69. The topological polar surface area (TPSA) is 29.9 Å². The third-order valence-electron chi connectivity index (χ3n) is 4.07. The quantitative estimate of drug-likeness (QED) is 0.898. The van der Waals surface area contributed by atoms with Crippen molar-refractivity contribution < 1.29 is 4.39 Å². The minimum Gasteiger partial charge on any atom is -0.317 e. The van der Waals surface area contributed by atoms with Gasteiger partial charge in [0.2, 0.25) is 0 Å². The van der Waals surface area contributed by atoms with E-state index in [0.717, 1.165) is 31.6 Å². The van der Waals surface area contributed by atoms with Gasteiger partial charge in [-0.25, -0.2) is 9.37 Å². The average Bonchev–Trinajstić information content (AvgIpc) is 2.90. The summed E-state index contributed by atoms with van der Waals surface area (Å²) < 4.78 is 15.1. The predicted molar refractivity (Wildman–Crippen MR) is 73.0 cm³/mol. The van der Waals surface area contributed by atoms with E-state index in [9.17, 15) is 4.39 Å². The van der Waals surface area contributed by atoms with Gasteiger partial charge < -0.3 is 9.88 Å². The Hall–Kier alpha value is -1.68. The number of rotatable bonds is 2. The number of hydrogen-bond acceptors (Lipinski definition) is 2. The van der Waals surface area contributed by atoms with E-state index in [4.69, 9.17) is 0 Å². The fraction of sp³-hybridized carbons (Fsp3) is 0.400. The lowest BCUT2D eigenvalue weighted by molar-refractivity contribution is 0.324. The van der Waals surface area contributed by atoms with E-state index in [2.05, 4.69) is 21.8 Å². The van der Waals surface area contributed by atoms with Gasteiger partial charge in [-0.3, -0.25) is 0 Å². The molecule has 0 atom stereocenters. The highest BCUT2D eigenvalue weighted by atomic mass is 19.1. The molecule has 0 radical (unpaired) electrons. The lowest BCUT2D eigenvalue weighted by Crippen LogP contribution is -2.38. The van der Waals surface area contributed by atoms with E-state index < -0.39 is 0 Å². The summed E-state index contributed by atoms with van der Waals surface area (Å²) in [5, 5.41) is 3.39. The molecule has 1 fully saturated rings. The van der Waals surface area contributed by atoms with Crippen LogP contribution < -0.4 is 5.32 Å². The molecule has 1 aliphatic rings. The summed E-state index contributed by atoms with van der Waals surface area (Å²) in [6.07, 6.45) is 5.95. The molecule has 2 aromatic rings. The molecule has 0 saturated carbocycles. The second-order valence-corrected chi connectivity index (χ2v) is 5.44. The van der Waals surface area contributed by atoms with E-state index >= 15 is 0 Å². The highest BCUT2D eigenvalue weighted by Crippen LogP contribution is 2.33. The second kappa shape index (κ2) is 4.78. The number of piperidine rings is 1. The molecule has 3 rings (SSSR count). The minimum absolute atomic E-state index is 0.135. The first-order valence-electron chi connectivity index (χ1n) is 6.69. The number of benzene rings is 1. The van der Waals surface area contributed by atoms with Crippen LogP contribution in [0.1, 0.15) is 25.5 Å². The van der Waals surface area contributed by atoms with Crippen molar-refractivity contribution in [3.05, 3.63) is 48.3 Å². The van der Waals surface area contributed by atoms with Crippen molar-refractivity contribution in [1.29, 1.82) is 0 Å². The van der Waals surface area contributed by atoms with Crippen molar-refractivity contribution in [1.82, 2.24) is 14.9 Å². The third-order valence-corrected chi connectivity index (χ3v) is 4.07. The van der Waals surface area contributed by atoms with Crippen LogP contribution in [0.15, 0.2) is 36.8 Å². The van der Waals surface area contributed by atoms with Crippen LogP contribution in [0.3, 0.4) is 0 Å². The number of halogens is 1. The minimum atomic E-state index is -0.210. The first-order chi connectivity index (χ1) is 9.19. The van der Waals surface area contributed by atoms with Gasteiger partial charge in [-0.2, -0.15) is 0 Å². The zero-order chi connectivity index (χ0) is 13.3. The molecule has 0 aliphatic carbocycles. The molecule has 0 amide bonds. The van der Waals surface area contributed by atoms with E-state index in [1.165, 1.54) is 17.8 Å². The molecule has 1 saturated heterocycles. The van der Waals surface area contributed by atoms with Crippen LogP contribution in [0.2, 0.25) is 0 Å². The van der Waals surface area contributed by atoms with Crippen LogP contribution in [-0.2, 0) is 5.41 Å². The standard InChI is InChI=1S/C15H18FN3/c1-15(6-8-17-9-7-15)14-10-18-11-19(14)13-4-2-12(16)3-5-13/h2-5,10-11,17H,6-9H2,1H3. The van der Waals surface area contributed by atoms with Crippen LogP contribution in [-0.4, -0.2) is 22.6 Å². The Morgan fingerprint density at radius 2 is 1.89 bits per heavy atom. The summed E-state index contributed by atoms with van der Waals surface area (Å²) in [7, 11) is 0. The molecule has 0 unspecified atom stereocenters. The largest absolute Gasteiger partial charge is 0.317 e. The average molecular weight is 259 g/mol. The highest BCUT2D eigenvalue weighted by molar-refractivity contribution is 5.36. The maximum atomic E-state index is 13.0. The molecule has 2 heterocycles. The molecule has 0 bridgehead atoms. The van der Waals surface area contributed by atoms with Crippen molar-refractivity contribution in [2.45, 2.75) is 25.2 Å². The molecular weight excluding hydrogens is 241 g/mol. The van der Waals surface area contributed by atoms with Gasteiger partial charge >= 0.3 is 0 Å². The molecule has 19 heavy (non-hydrogen) atoms. The smallest absolute Gasteiger partial charge is 0.123 e. The Bertz CT molecular complexity index is 553. The lowest BCUT2D eigenvalue weighted by atomic mass is 9.78. The zero-order valence-corrected chi connectivity index (χ0v) is 11.1. The van der Waals surface area contributed by atoms with Crippen LogP contribution in [0, 0.1) is 5.82 Å². The SMILES string of the molecule is CC1(c2cncn2-c2ccc(F)cc2)CCNCC1. The number of nitrogens with zero attached hydrogens (tertiary/aromatic N) is 2. The van der Waals surface area contributed by atoms with Crippen LogP contribution in [0.5, 0.6) is 0 Å². The van der Waals surface area contributed by atoms with Gasteiger partial charge in [-0.15, -0.1) is 0 Å². The molecule has 1 aliphatic heterocycles. The Balaban J connectivity index is 2.00.